The first-order valence-corrected chi connectivity index (χ1v) is 12.0. The van der Waals surface area contributed by atoms with Crippen LogP contribution < -0.4 is 15.4 Å². The van der Waals surface area contributed by atoms with Crippen molar-refractivity contribution in [1.29, 1.82) is 0 Å². The number of aromatic nitrogens is 3. The Kier molecular flexibility index (Phi) is 5.29. The Labute approximate surface area is 208 Å². The molecule has 180 valence electrons. The minimum absolute atomic E-state index is 0.174. The fraction of sp³-hybridized carbons (Fsp3) is 0.214. The van der Waals surface area contributed by atoms with E-state index in [1.165, 1.54) is 5.56 Å². The molecule has 1 atom stereocenters. The summed E-state index contributed by atoms with van der Waals surface area (Å²) in [5.41, 5.74) is 6.09. The van der Waals surface area contributed by atoms with Crippen LogP contribution in [0, 0.1) is 0 Å². The Morgan fingerprint density at radius 3 is 2.53 bits per heavy atom. The number of anilines is 1. The van der Waals surface area contributed by atoms with Crippen LogP contribution >= 0.6 is 0 Å². The maximum absolute atomic E-state index is 13.0. The fourth-order valence-electron chi connectivity index (χ4n) is 4.74. The van der Waals surface area contributed by atoms with E-state index in [-0.39, 0.29) is 11.8 Å². The molecule has 2 N–H and O–H groups in total. The third-order valence-corrected chi connectivity index (χ3v) is 6.65. The topological polar surface area (TPSA) is 98.1 Å². The van der Waals surface area contributed by atoms with E-state index in [9.17, 15) is 9.59 Å². The Hall–Kier alpha value is -4.46. The summed E-state index contributed by atoms with van der Waals surface area (Å²) < 4.78 is 7.88. The van der Waals surface area contributed by atoms with Gasteiger partial charge >= 0.3 is 0 Å². The first kappa shape index (κ1) is 22.0. The zero-order valence-corrected chi connectivity index (χ0v) is 20.0. The Bertz CT molecular complexity index is 1480. The molecule has 0 saturated heterocycles. The van der Waals surface area contributed by atoms with Gasteiger partial charge in [0.05, 0.1) is 12.2 Å². The number of hydrogen-bond donors (Lipinski definition) is 2. The smallest absolute Gasteiger partial charge is 0.270 e. The van der Waals surface area contributed by atoms with Crippen molar-refractivity contribution in [3.8, 4) is 28.1 Å². The highest BCUT2D eigenvalue weighted by atomic mass is 16.5. The lowest BCUT2D eigenvalue weighted by molar-refractivity contribution is -0.123. The monoisotopic (exact) mass is 479 g/mol. The average molecular weight is 480 g/mol. The van der Waals surface area contributed by atoms with Crippen LogP contribution in [0.4, 0.5) is 5.69 Å². The lowest BCUT2D eigenvalue weighted by Crippen LogP contribution is -2.35. The van der Waals surface area contributed by atoms with Gasteiger partial charge in [0.25, 0.3) is 11.8 Å². The molecule has 2 aliphatic rings. The molecule has 36 heavy (non-hydrogen) atoms. The molecule has 0 saturated carbocycles. The van der Waals surface area contributed by atoms with Gasteiger partial charge < -0.3 is 15.4 Å². The number of nitrogens with zero attached hydrogens (tertiary/aromatic N) is 3. The van der Waals surface area contributed by atoms with Crippen molar-refractivity contribution in [1.82, 2.24) is 20.1 Å². The maximum atomic E-state index is 13.0. The quantitative estimate of drug-likeness (QED) is 0.448. The summed E-state index contributed by atoms with van der Waals surface area (Å²) in [6, 6.07) is 17.3. The number of pyridine rings is 1. The minimum atomic E-state index is -0.730. The maximum Gasteiger partial charge on any atom is 0.270 e. The second-order valence-corrected chi connectivity index (χ2v) is 9.31. The van der Waals surface area contributed by atoms with Gasteiger partial charge in [0.2, 0.25) is 6.10 Å². The molecular weight excluding hydrogens is 454 g/mol. The third kappa shape index (κ3) is 3.71. The van der Waals surface area contributed by atoms with Crippen molar-refractivity contribution in [2.24, 2.45) is 0 Å². The first-order valence-electron chi connectivity index (χ1n) is 12.0. The van der Waals surface area contributed by atoms with Crippen LogP contribution in [0.2, 0.25) is 0 Å². The normalized spacial score (nSPS) is 16.6. The number of fused-ring (bicyclic) bond motifs is 2. The standard InChI is InChI=1S/C28H25N5O3/c1-16(2)17-3-5-19(6-4-17)26-28(35)31-21-15-20(7-8-22(21)36-26)23-24(18-9-11-29-12-10-18)32-33-14-13-30-27(34)25(23)33/h3-12,15-16,26H,13-14H2,1-2H3,(H,30,34)(H,31,35). The first-order chi connectivity index (χ1) is 17.5. The molecule has 0 fully saturated rings. The fourth-order valence-corrected chi connectivity index (χ4v) is 4.74. The summed E-state index contributed by atoms with van der Waals surface area (Å²) in [6.07, 6.45) is 2.67. The van der Waals surface area contributed by atoms with Gasteiger partial charge in [-0.2, -0.15) is 5.10 Å². The van der Waals surface area contributed by atoms with Crippen molar-refractivity contribution in [3.05, 3.63) is 83.8 Å². The number of carbonyl (C=O) groups excluding carboxylic acids is 2. The Balaban J connectivity index is 1.39. The van der Waals surface area contributed by atoms with Gasteiger partial charge in [-0.3, -0.25) is 19.3 Å². The summed E-state index contributed by atoms with van der Waals surface area (Å²) in [5.74, 6) is 0.577. The highest BCUT2D eigenvalue weighted by molar-refractivity contribution is 6.05. The lowest BCUT2D eigenvalue weighted by Gasteiger charge is -2.27. The molecule has 2 aromatic heterocycles. The lowest BCUT2D eigenvalue weighted by atomic mass is 9.97. The van der Waals surface area contributed by atoms with Crippen LogP contribution in [-0.2, 0) is 11.3 Å². The van der Waals surface area contributed by atoms with E-state index in [4.69, 9.17) is 9.84 Å². The van der Waals surface area contributed by atoms with Crippen LogP contribution in [0.5, 0.6) is 5.75 Å². The van der Waals surface area contributed by atoms with Gasteiger partial charge in [0, 0.05) is 35.6 Å². The Morgan fingerprint density at radius 1 is 1.00 bits per heavy atom. The molecule has 0 aliphatic carbocycles. The van der Waals surface area contributed by atoms with Gasteiger partial charge in [-0.1, -0.05) is 44.2 Å². The van der Waals surface area contributed by atoms with Gasteiger partial charge in [0.15, 0.2) is 0 Å². The number of rotatable bonds is 4. The molecule has 2 aromatic carbocycles. The number of amides is 2. The van der Waals surface area contributed by atoms with Crippen molar-refractivity contribution in [2.75, 3.05) is 11.9 Å². The Morgan fingerprint density at radius 2 is 1.78 bits per heavy atom. The second kappa shape index (κ2) is 8.64. The molecule has 2 amide bonds. The summed E-state index contributed by atoms with van der Waals surface area (Å²) in [7, 11) is 0. The zero-order chi connectivity index (χ0) is 24.8. The SMILES string of the molecule is CC(C)c1ccc(C2Oc3ccc(-c4c(-c5ccncc5)nn5c4C(=O)NCC5)cc3NC2=O)cc1. The molecule has 1 unspecified atom stereocenters. The van der Waals surface area contributed by atoms with Crippen LogP contribution in [0.25, 0.3) is 22.4 Å². The summed E-state index contributed by atoms with van der Waals surface area (Å²) in [5, 5.41) is 10.7. The van der Waals surface area contributed by atoms with E-state index in [2.05, 4.69) is 29.5 Å². The number of benzene rings is 2. The predicted octanol–water partition coefficient (Wildman–Crippen LogP) is 4.55. The molecule has 2 aliphatic heterocycles. The molecule has 6 rings (SSSR count). The number of ether oxygens (including phenoxy) is 1. The van der Waals surface area contributed by atoms with E-state index in [0.29, 0.717) is 47.4 Å². The highest BCUT2D eigenvalue weighted by Gasteiger charge is 2.32. The molecule has 8 nitrogen and oxygen atoms in total. The number of carbonyl (C=O) groups is 2. The molecule has 0 spiro atoms. The molecular formula is C28H25N5O3. The van der Waals surface area contributed by atoms with Crippen molar-refractivity contribution >= 4 is 17.5 Å². The molecule has 0 bridgehead atoms. The molecule has 8 heteroatoms. The van der Waals surface area contributed by atoms with Gasteiger partial charge in [-0.25, -0.2) is 0 Å². The second-order valence-electron chi connectivity index (χ2n) is 9.31. The van der Waals surface area contributed by atoms with Gasteiger partial charge in [-0.15, -0.1) is 0 Å². The van der Waals surface area contributed by atoms with Crippen molar-refractivity contribution < 1.29 is 14.3 Å². The van der Waals surface area contributed by atoms with Crippen LogP contribution in [-0.4, -0.2) is 33.1 Å². The largest absolute Gasteiger partial charge is 0.474 e. The minimum Gasteiger partial charge on any atom is -0.474 e. The van der Waals surface area contributed by atoms with E-state index in [0.717, 1.165) is 16.7 Å². The van der Waals surface area contributed by atoms with E-state index < -0.39 is 6.10 Å². The number of hydrogen-bond acceptors (Lipinski definition) is 5. The third-order valence-electron chi connectivity index (χ3n) is 6.65. The van der Waals surface area contributed by atoms with E-state index in [1.807, 2.05) is 54.6 Å². The van der Waals surface area contributed by atoms with Gasteiger partial charge in [0.1, 0.15) is 17.1 Å². The molecule has 4 aromatic rings. The molecule has 0 radical (unpaired) electrons. The van der Waals surface area contributed by atoms with E-state index >= 15 is 0 Å². The summed E-state index contributed by atoms with van der Waals surface area (Å²) >= 11 is 0. The average Bonchev–Trinajstić information content (AvgIpc) is 3.29. The predicted molar refractivity (Wildman–Crippen MR) is 136 cm³/mol. The van der Waals surface area contributed by atoms with Crippen LogP contribution in [0.3, 0.4) is 0 Å². The van der Waals surface area contributed by atoms with Crippen LogP contribution in [0.15, 0.2) is 67.0 Å². The van der Waals surface area contributed by atoms with Crippen LogP contribution in [0.1, 0.15) is 47.5 Å². The van der Waals surface area contributed by atoms with Crippen molar-refractivity contribution in [3.63, 3.8) is 0 Å². The van der Waals surface area contributed by atoms with E-state index in [1.54, 1.807) is 17.1 Å². The van der Waals surface area contributed by atoms with Gasteiger partial charge in [-0.05, 0) is 41.3 Å². The van der Waals surface area contributed by atoms with Crippen molar-refractivity contribution in [2.45, 2.75) is 32.4 Å². The molecule has 4 heterocycles. The zero-order valence-electron chi connectivity index (χ0n) is 20.0. The highest BCUT2D eigenvalue weighted by Crippen LogP contribution is 2.41. The summed E-state index contributed by atoms with van der Waals surface area (Å²) in [4.78, 5) is 30.0. The number of nitrogens with one attached hydrogen (secondary N) is 2. The summed E-state index contributed by atoms with van der Waals surface area (Å²) in [6.45, 7) is 5.38.